The van der Waals surface area contributed by atoms with Gasteiger partial charge < -0.3 is 30.3 Å². The summed E-state index contributed by atoms with van der Waals surface area (Å²) in [5, 5.41) is 6.87. The Balaban J connectivity index is 1.61. The van der Waals surface area contributed by atoms with E-state index in [1.54, 1.807) is 49.9 Å². The third-order valence-electron chi connectivity index (χ3n) is 6.81. The van der Waals surface area contributed by atoms with Gasteiger partial charge in [0.05, 0.1) is 25.7 Å². The van der Waals surface area contributed by atoms with Crippen LogP contribution in [0.15, 0.2) is 64.7 Å². The second-order valence-corrected chi connectivity index (χ2v) is 11.7. The van der Waals surface area contributed by atoms with Crippen molar-refractivity contribution in [3.63, 3.8) is 0 Å². The van der Waals surface area contributed by atoms with E-state index < -0.39 is 35.7 Å². The van der Waals surface area contributed by atoms with E-state index in [1.807, 2.05) is 37.3 Å². The number of hydrogen-bond acceptors (Lipinski definition) is 8. The average molecular weight is 622 g/mol. The summed E-state index contributed by atoms with van der Waals surface area (Å²) in [6.07, 6.45) is 0.298. The third kappa shape index (κ3) is 11.4. The number of aliphatic imine (C=N–C) groups is 1. The number of nitrogens with one attached hydrogen (secondary N) is 1. The molecule has 1 aliphatic heterocycles. The Bertz CT molecular complexity index is 1380. The Morgan fingerprint density at radius 1 is 1.11 bits per heavy atom. The van der Waals surface area contributed by atoms with Crippen molar-refractivity contribution in [2.75, 3.05) is 13.7 Å². The largest absolute Gasteiger partial charge is 0.469 e. The van der Waals surface area contributed by atoms with Crippen LogP contribution in [0.5, 0.6) is 0 Å². The number of esters is 1. The van der Waals surface area contributed by atoms with Gasteiger partial charge in [0.2, 0.25) is 11.8 Å². The molecule has 0 radical (unpaired) electrons. The van der Waals surface area contributed by atoms with Crippen LogP contribution in [-0.2, 0) is 35.2 Å². The molecule has 242 valence electrons. The van der Waals surface area contributed by atoms with Crippen LogP contribution >= 0.6 is 0 Å². The zero-order valence-electron chi connectivity index (χ0n) is 26.6. The fraction of sp³-hybridized carbons (Fsp3) is 0.455. The van der Waals surface area contributed by atoms with Crippen molar-refractivity contribution in [2.24, 2.45) is 15.9 Å². The second-order valence-electron chi connectivity index (χ2n) is 11.7. The quantitative estimate of drug-likeness (QED) is 0.192. The highest BCUT2D eigenvalue weighted by atomic mass is 16.6. The summed E-state index contributed by atoms with van der Waals surface area (Å²) in [6, 6.07) is 15.4. The Kier molecular flexibility index (Phi) is 12.6. The van der Waals surface area contributed by atoms with Gasteiger partial charge in [0.1, 0.15) is 23.6 Å². The van der Waals surface area contributed by atoms with Crippen molar-refractivity contribution in [1.82, 2.24) is 10.2 Å². The molecule has 1 aliphatic rings. The van der Waals surface area contributed by atoms with Crippen LogP contribution in [0.25, 0.3) is 0 Å². The first-order chi connectivity index (χ1) is 21.4. The average Bonchev–Trinajstić information content (AvgIpc) is 3.46. The Morgan fingerprint density at radius 3 is 2.42 bits per heavy atom. The van der Waals surface area contributed by atoms with E-state index in [1.165, 1.54) is 7.11 Å². The molecular weight excluding hydrogens is 578 g/mol. The van der Waals surface area contributed by atoms with E-state index in [-0.39, 0.29) is 24.6 Å². The van der Waals surface area contributed by atoms with Crippen LogP contribution < -0.4 is 11.1 Å². The number of unbranched alkanes of at least 4 members (excludes halogenated alkanes) is 1. The van der Waals surface area contributed by atoms with Gasteiger partial charge in [-0.15, -0.1) is 0 Å². The number of rotatable bonds is 13. The van der Waals surface area contributed by atoms with Crippen molar-refractivity contribution in [1.29, 1.82) is 0 Å². The van der Waals surface area contributed by atoms with Crippen LogP contribution in [-0.4, -0.2) is 71.7 Å². The molecule has 1 unspecified atom stereocenters. The predicted octanol–water partition coefficient (Wildman–Crippen LogP) is 4.09. The smallest absolute Gasteiger partial charge is 0.436 e. The zero-order chi connectivity index (χ0) is 33.0. The van der Waals surface area contributed by atoms with Crippen molar-refractivity contribution < 1.29 is 33.5 Å². The molecule has 3 N–H and O–H groups in total. The summed E-state index contributed by atoms with van der Waals surface area (Å²) < 4.78 is 9.98. The standard InChI is InChI=1S/C33H43N5O7/c1-6-7-17-38(21-22-11-9-8-10-12-22)31(41)27(20-29(40)43-5)35-28(39)19-25-18-26(37-45-25)23-13-15-24(16-14-23)30(34)36-32(42)44-33(2,3)4/h8-16,25,27H,6-7,17-21H2,1-5H3,(H,35,39)(H2,34,36,42)/t25?,27-/m0/s1. The topological polar surface area (TPSA) is 162 Å². The molecule has 0 saturated heterocycles. The van der Waals surface area contributed by atoms with Gasteiger partial charge in [0.25, 0.3) is 0 Å². The van der Waals surface area contributed by atoms with E-state index in [0.717, 1.165) is 24.0 Å². The highest BCUT2D eigenvalue weighted by molar-refractivity contribution is 6.05. The minimum Gasteiger partial charge on any atom is -0.469 e. The van der Waals surface area contributed by atoms with Gasteiger partial charge in [-0.25, -0.2) is 4.79 Å². The van der Waals surface area contributed by atoms with Gasteiger partial charge in [-0.2, -0.15) is 4.99 Å². The number of amidine groups is 1. The fourth-order valence-electron chi connectivity index (χ4n) is 4.54. The lowest BCUT2D eigenvalue weighted by atomic mass is 10.0. The molecule has 0 aromatic heterocycles. The maximum absolute atomic E-state index is 13.6. The molecule has 2 atom stereocenters. The van der Waals surface area contributed by atoms with Crippen molar-refractivity contribution in [3.05, 3.63) is 71.3 Å². The monoisotopic (exact) mass is 621 g/mol. The SMILES string of the molecule is CCCCN(Cc1ccccc1)C(=O)[C@H](CC(=O)OC)NC(=O)CC1CC(c2ccc(/C(N)=N\C(=O)OC(C)(C)C)cc2)=NO1. The number of methoxy groups -OCH3 is 1. The van der Waals surface area contributed by atoms with Gasteiger partial charge >= 0.3 is 12.1 Å². The first kappa shape index (κ1) is 34.7. The number of amides is 3. The minimum absolute atomic E-state index is 0.0167. The lowest BCUT2D eigenvalue weighted by Crippen LogP contribution is -2.50. The van der Waals surface area contributed by atoms with Gasteiger partial charge in [0.15, 0.2) is 0 Å². The molecule has 12 heteroatoms. The fourth-order valence-corrected chi connectivity index (χ4v) is 4.54. The number of hydrogen-bond donors (Lipinski definition) is 2. The highest BCUT2D eigenvalue weighted by Gasteiger charge is 2.31. The summed E-state index contributed by atoms with van der Waals surface area (Å²) in [7, 11) is 1.24. The summed E-state index contributed by atoms with van der Waals surface area (Å²) >= 11 is 0. The van der Waals surface area contributed by atoms with Crippen molar-refractivity contribution in [2.45, 2.75) is 84.1 Å². The van der Waals surface area contributed by atoms with Crippen LogP contribution in [0.4, 0.5) is 4.79 Å². The molecule has 2 aromatic rings. The number of carbonyl (C=O) groups is 4. The van der Waals surface area contributed by atoms with Crippen LogP contribution in [0.3, 0.4) is 0 Å². The normalized spacial score (nSPS) is 15.4. The predicted molar refractivity (Wildman–Crippen MR) is 169 cm³/mol. The molecule has 3 amide bonds. The minimum atomic E-state index is -1.09. The molecule has 0 spiro atoms. The molecule has 0 fully saturated rings. The number of ether oxygens (including phenoxy) is 2. The Morgan fingerprint density at radius 2 is 1.80 bits per heavy atom. The van der Waals surface area contributed by atoms with Crippen LogP contribution in [0, 0.1) is 0 Å². The summed E-state index contributed by atoms with van der Waals surface area (Å²) in [5.74, 6) is -1.39. The van der Waals surface area contributed by atoms with E-state index in [9.17, 15) is 19.2 Å². The van der Waals surface area contributed by atoms with Gasteiger partial charge in [-0.05, 0) is 38.3 Å². The second kappa shape index (κ2) is 16.4. The zero-order valence-corrected chi connectivity index (χ0v) is 26.6. The molecule has 0 saturated carbocycles. The molecule has 0 aliphatic carbocycles. The first-order valence-corrected chi connectivity index (χ1v) is 15.0. The van der Waals surface area contributed by atoms with E-state index in [4.69, 9.17) is 20.0 Å². The van der Waals surface area contributed by atoms with Gasteiger partial charge in [-0.1, -0.05) is 73.1 Å². The maximum atomic E-state index is 13.6. The van der Waals surface area contributed by atoms with E-state index >= 15 is 0 Å². The van der Waals surface area contributed by atoms with Crippen LogP contribution in [0.1, 0.15) is 76.5 Å². The molecule has 3 rings (SSSR count). The number of carbonyl (C=O) groups excluding carboxylic acids is 4. The van der Waals surface area contributed by atoms with Crippen LogP contribution in [0.2, 0.25) is 0 Å². The van der Waals surface area contributed by atoms with Gasteiger partial charge in [-0.3, -0.25) is 14.4 Å². The molecule has 45 heavy (non-hydrogen) atoms. The molecule has 12 nitrogen and oxygen atoms in total. The molecular formula is C33H43N5O7. The van der Waals surface area contributed by atoms with Crippen molar-refractivity contribution in [3.8, 4) is 0 Å². The van der Waals surface area contributed by atoms with Gasteiger partial charge in [0, 0.05) is 25.1 Å². The van der Waals surface area contributed by atoms with Crippen molar-refractivity contribution >= 4 is 35.4 Å². The lowest BCUT2D eigenvalue weighted by Gasteiger charge is -2.28. The summed E-state index contributed by atoms with van der Waals surface area (Å²) in [6.45, 7) is 8.08. The lowest BCUT2D eigenvalue weighted by molar-refractivity contribution is -0.146. The first-order valence-electron chi connectivity index (χ1n) is 15.0. The van der Waals surface area contributed by atoms with E-state index in [2.05, 4.69) is 15.5 Å². The third-order valence-corrected chi connectivity index (χ3v) is 6.81. The maximum Gasteiger partial charge on any atom is 0.436 e. The Labute approximate surface area is 264 Å². The highest BCUT2D eigenvalue weighted by Crippen LogP contribution is 2.20. The number of nitrogens with zero attached hydrogens (tertiary/aromatic N) is 3. The summed E-state index contributed by atoms with van der Waals surface area (Å²) in [5.41, 5.74) is 8.13. The molecule has 0 bridgehead atoms. The Hall–Kier alpha value is -4.74. The molecule has 1 heterocycles. The number of benzene rings is 2. The number of nitrogens with two attached hydrogens (primary N) is 1. The summed E-state index contributed by atoms with van der Waals surface area (Å²) in [4.78, 5) is 61.8. The number of oxime groups is 1. The van der Waals surface area contributed by atoms with E-state index in [0.29, 0.717) is 30.8 Å². The molecule has 2 aromatic carbocycles.